The molecule has 0 unspecified atom stereocenters. The third-order valence-electron chi connectivity index (χ3n) is 3.96. The molecule has 0 saturated heterocycles. The summed E-state index contributed by atoms with van der Waals surface area (Å²) < 4.78 is 0. The molecule has 0 heterocycles. The Labute approximate surface area is 154 Å². The molecular formula is C21H23N3O2. The lowest BCUT2D eigenvalue weighted by molar-refractivity contribution is 0.0755. The van der Waals surface area contributed by atoms with Crippen molar-refractivity contribution in [3.05, 3.63) is 65.2 Å². The van der Waals surface area contributed by atoms with E-state index in [1.807, 2.05) is 24.8 Å². The zero-order chi connectivity index (χ0) is 18.9. The van der Waals surface area contributed by atoms with E-state index in [1.165, 1.54) is 0 Å². The number of carbonyl (C=O) groups is 2. The van der Waals surface area contributed by atoms with Gasteiger partial charge in [-0.3, -0.25) is 9.59 Å². The number of nitrogens with one attached hydrogen (secondary N) is 1. The number of hydrogen-bond donors (Lipinski definition) is 1. The van der Waals surface area contributed by atoms with Gasteiger partial charge < -0.3 is 10.2 Å². The molecule has 134 valence electrons. The number of nitriles is 1. The second-order valence-electron chi connectivity index (χ2n) is 5.98. The fourth-order valence-electron chi connectivity index (χ4n) is 2.69. The van der Waals surface area contributed by atoms with Crippen LogP contribution in [0.5, 0.6) is 0 Å². The van der Waals surface area contributed by atoms with Crippen LogP contribution in [0.4, 0.5) is 5.69 Å². The maximum absolute atomic E-state index is 12.6. The summed E-state index contributed by atoms with van der Waals surface area (Å²) in [7, 11) is 0. The van der Waals surface area contributed by atoms with Gasteiger partial charge in [0.2, 0.25) is 0 Å². The highest BCUT2D eigenvalue weighted by Gasteiger charge is 2.15. The van der Waals surface area contributed by atoms with Crippen molar-refractivity contribution in [2.45, 2.75) is 26.7 Å². The Hall–Kier alpha value is -3.13. The van der Waals surface area contributed by atoms with Crippen LogP contribution >= 0.6 is 0 Å². The summed E-state index contributed by atoms with van der Waals surface area (Å²) in [6, 6.07) is 15.5. The highest BCUT2D eigenvalue weighted by atomic mass is 16.2. The molecule has 2 rings (SSSR count). The topological polar surface area (TPSA) is 73.2 Å². The first-order chi connectivity index (χ1) is 12.6. The van der Waals surface area contributed by atoms with Gasteiger partial charge >= 0.3 is 0 Å². The Morgan fingerprint density at radius 2 is 1.54 bits per heavy atom. The fourth-order valence-corrected chi connectivity index (χ4v) is 2.69. The van der Waals surface area contributed by atoms with Crippen LogP contribution in [-0.2, 0) is 0 Å². The molecule has 0 spiro atoms. The van der Waals surface area contributed by atoms with E-state index in [2.05, 4.69) is 5.32 Å². The van der Waals surface area contributed by atoms with E-state index >= 15 is 0 Å². The van der Waals surface area contributed by atoms with Crippen LogP contribution in [0.3, 0.4) is 0 Å². The van der Waals surface area contributed by atoms with Crippen molar-refractivity contribution in [3.63, 3.8) is 0 Å². The standard InChI is InChI=1S/C21H23N3O2/c1-3-13-24(14-4-2)21(26)17-11-9-16(10-12-17)20(25)23-19-8-6-5-7-18(19)15-22/h5-12H,3-4,13-14H2,1-2H3,(H,23,25). The molecule has 2 amide bonds. The quantitative estimate of drug-likeness (QED) is 0.819. The minimum absolute atomic E-state index is 0.0181. The van der Waals surface area contributed by atoms with Crippen molar-refractivity contribution in [1.82, 2.24) is 4.90 Å². The van der Waals surface area contributed by atoms with Crippen molar-refractivity contribution in [2.24, 2.45) is 0 Å². The van der Waals surface area contributed by atoms with E-state index in [4.69, 9.17) is 5.26 Å². The van der Waals surface area contributed by atoms with Crippen LogP contribution in [-0.4, -0.2) is 29.8 Å². The summed E-state index contributed by atoms with van der Waals surface area (Å²) >= 11 is 0. The first-order valence-corrected chi connectivity index (χ1v) is 8.80. The van der Waals surface area contributed by atoms with Gasteiger partial charge in [-0.1, -0.05) is 26.0 Å². The molecule has 0 aromatic heterocycles. The summed E-state index contributed by atoms with van der Waals surface area (Å²) in [6.45, 7) is 5.53. The fraction of sp³-hybridized carbons (Fsp3) is 0.286. The zero-order valence-corrected chi connectivity index (χ0v) is 15.2. The third-order valence-corrected chi connectivity index (χ3v) is 3.96. The Morgan fingerprint density at radius 3 is 2.12 bits per heavy atom. The van der Waals surface area contributed by atoms with Gasteiger partial charge in [0, 0.05) is 24.2 Å². The van der Waals surface area contributed by atoms with Crippen LogP contribution in [0.1, 0.15) is 53.0 Å². The minimum Gasteiger partial charge on any atom is -0.339 e. The number of anilines is 1. The molecule has 5 heteroatoms. The molecule has 0 atom stereocenters. The van der Waals surface area contributed by atoms with Crippen molar-refractivity contribution in [3.8, 4) is 6.07 Å². The molecule has 2 aromatic rings. The molecule has 0 bridgehead atoms. The molecule has 0 saturated carbocycles. The molecule has 0 radical (unpaired) electrons. The lowest BCUT2D eigenvalue weighted by Gasteiger charge is -2.21. The van der Waals surface area contributed by atoms with Crippen LogP contribution in [0.15, 0.2) is 48.5 Å². The smallest absolute Gasteiger partial charge is 0.255 e. The maximum atomic E-state index is 12.6. The van der Waals surface area contributed by atoms with Gasteiger partial charge in [0.05, 0.1) is 11.3 Å². The van der Waals surface area contributed by atoms with Gasteiger partial charge in [-0.15, -0.1) is 0 Å². The monoisotopic (exact) mass is 349 g/mol. The summed E-state index contributed by atoms with van der Waals surface area (Å²) in [5.41, 5.74) is 1.88. The third kappa shape index (κ3) is 4.70. The van der Waals surface area contributed by atoms with Crippen LogP contribution < -0.4 is 5.32 Å². The molecule has 2 aromatic carbocycles. The number of rotatable bonds is 7. The van der Waals surface area contributed by atoms with Crippen LogP contribution in [0, 0.1) is 11.3 Å². The lowest BCUT2D eigenvalue weighted by Crippen LogP contribution is -2.32. The van der Waals surface area contributed by atoms with Gasteiger partial charge in [-0.05, 0) is 49.2 Å². The summed E-state index contributed by atoms with van der Waals surface area (Å²) in [5, 5.41) is 11.8. The zero-order valence-electron chi connectivity index (χ0n) is 15.2. The maximum Gasteiger partial charge on any atom is 0.255 e. The number of para-hydroxylation sites is 1. The lowest BCUT2D eigenvalue weighted by atomic mass is 10.1. The number of nitrogens with zero attached hydrogens (tertiary/aromatic N) is 2. The predicted molar refractivity (Wildman–Crippen MR) is 102 cm³/mol. The highest BCUT2D eigenvalue weighted by molar-refractivity contribution is 6.05. The Morgan fingerprint density at radius 1 is 0.962 bits per heavy atom. The first-order valence-electron chi connectivity index (χ1n) is 8.80. The number of amides is 2. The SMILES string of the molecule is CCCN(CCC)C(=O)c1ccc(C(=O)Nc2ccccc2C#N)cc1. The average Bonchev–Trinajstić information content (AvgIpc) is 2.67. The van der Waals surface area contributed by atoms with Crippen molar-refractivity contribution >= 4 is 17.5 Å². The van der Waals surface area contributed by atoms with Gasteiger partial charge in [0.25, 0.3) is 11.8 Å². The Bertz CT molecular complexity index is 801. The molecule has 0 aliphatic rings. The van der Waals surface area contributed by atoms with Gasteiger partial charge in [-0.2, -0.15) is 5.26 Å². The molecule has 0 aliphatic carbocycles. The molecule has 1 N–H and O–H groups in total. The summed E-state index contributed by atoms with van der Waals surface area (Å²) in [5.74, 6) is -0.332. The van der Waals surface area contributed by atoms with E-state index < -0.39 is 0 Å². The number of benzene rings is 2. The molecule has 0 aliphatic heterocycles. The van der Waals surface area contributed by atoms with E-state index in [-0.39, 0.29) is 11.8 Å². The molecular weight excluding hydrogens is 326 g/mol. The van der Waals surface area contributed by atoms with E-state index in [0.29, 0.717) is 22.4 Å². The second kappa shape index (κ2) is 9.38. The van der Waals surface area contributed by atoms with Gasteiger partial charge in [-0.25, -0.2) is 0 Å². The van der Waals surface area contributed by atoms with Crippen molar-refractivity contribution in [1.29, 1.82) is 5.26 Å². The van der Waals surface area contributed by atoms with Crippen molar-refractivity contribution < 1.29 is 9.59 Å². The Balaban J connectivity index is 2.12. The molecule has 0 fully saturated rings. The number of hydrogen-bond acceptors (Lipinski definition) is 3. The predicted octanol–water partition coefficient (Wildman–Crippen LogP) is 4.07. The first kappa shape index (κ1) is 19.2. The molecule has 5 nitrogen and oxygen atoms in total. The highest BCUT2D eigenvalue weighted by Crippen LogP contribution is 2.16. The van der Waals surface area contributed by atoms with E-state index in [9.17, 15) is 9.59 Å². The van der Waals surface area contributed by atoms with Crippen molar-refractivity contribution in [2.75, 3.05) is 18.4 Å². The summed E-state index contributed by atoms with van der Waals surface area (Å²) in [6.07, 6.45) is 1.81. The second-order valence-corrected chi connectivity index (χ2v) is 5.98. The largest absolute Gasteiger partial charge is 0.339 e. The van der Waals surface area contributed by atoms with E-state index in [1.54, 1.807) is 48.5 Å². The van der Waals surface area contributed by atoms with Gasteiger partial charge in [0.1, 0.15) is 6.07 Å². The minimum atomic E-state index is -0.314. The van der Waals surface area contributed by atoms with Crippen LogP contribution in [0.2, 0.25) is 0 Å². The average molecular weight is 349 g/mol. The number of carbonyl (C=O) groups excluding carboxylic acids is 2. The van der Waals surface area contributed by atoms with Gasteiger partial charge in [0.15, 0.2) is 0 Å². The van der Waals surface area contributed by atoms with E-state index in [0.717, 1.165) is 25.9 Å². The molecule has 26 heavy (non-hydrogen) atoms. The Kier molecular flexibility index (Phi) is 6.92. The summed E-state index contributed by atoms with van der Waals surface area (Å²) in [4.78, 5) is 26.8. The van der Waals surface area contributed by atoms with Crippen LogP contribution in [0.25, 0.3) is 0 Å². The normalized spacial score (nSPS) is 10.0.